The van der Waals surface area contributed by atoms with Gasteiger partial charge in [0.2, 0.25) is 65.0 Å². The summed E-state index contributed by atoms with van der Waals surface area (Å²) >= 11 is 8.11. The Kier molecular flexibility index (Phi) is 37.1. The minimum atomic E-state index is -1.88. The Morgan fingerprint density at radius 3 is 1.29 bits per heavy atom. The zero-order chi connectivity index (χ0) is 65.6. The number of hydrogen-bond acceptors (Lipinski definition) is 21. The first-order valence-electron chi connectivity index (χ1n) is 26.9. The van der Waals surface area contributed by atoms with E-state index in [0.29, 0.717) is 18.4 Å². The van der Waals surface area contributed by atoms with Gasteiger partial charge in [-0.2, -0.15) is 25.3 Å². The average molecular weight is 1270 g/mol. The molecule has 0 fully saturated rings. The normalized spacial score (nSPS) is 13.8. The second-order valence-electron chi connectivity index (χ2n) is 18.9. The van der Waals surface area contributed by atoms with Gasteiger partial charge in [0.1, 0.15) is 54.4 Å². The number of carbonyl (C=O) groups excluding carboxylic acids is 11. The highest BCUT2D eigenvalue weighted by Crippen LogP contribution is 2.08. The van der Waals surface area contributed by atoms with Gasteiger partial charge in [0, 0.05) is 31.0 Å². The van der Waals surface area contributed by atoms with Crippen LogP contribution in [-0.2, 0) is 68.7 Å². The van der Waals surface area contributed by atoms with Crippen LogP contribution in [-0.4, -0.2) is 228 Å². The highest BCUT2D eigenvalue weighted by Gasteiger charge is 2.34. The zero-order valence-corrected chi connectivity index (χ0v) is 49.2. The maximum atomic E-state index is 13.8. The quantitative estimate of drug-likeness (QED) is 0.0125. The molecule has 0 aliphatic heterocycles. The van der Waals surface area contributed by atoms with Crippen molar-refractivity contribution >= 4 is 114 Å². The molecular weight excluding hydrogens is 1190 g/mol. The molecule has 38 heteroatoms. The number of nitrogens with one attached hydrogen (secondary N) is 11. The van der Waals surface area contributed by atoms with Crippen LogP contribution >= 0.6 is 25.3 Å². The maximum Gasteiger partial charge on any atom is 0.326 e. The number of nitrogens with zero attached hydrogens (tertiary/aromatic N) is 2. The van der Waals surface area contributed by atoms with Crippen molar-refractivity contribution in [3.8, 4) is 0 Å². The molecule has 11 amide bonds. The van der Waals surface area contributed by atoms with Crippen LogP contribution in [0, 0.1) is 0 Å². The van der Waals surface area contributed by atoms with Crippen molar-refractivity contribution in [2.75, 3.05) is 64.0 Å². The minimum absolute atomic E-state index is 0.0193. The fourth-order valence-electron chi connectivity index (χ4n) is 7.47. The number of unbranched alkanes of at least 4 members (excludes halogenated alkanes) is 1. The molecule has 1 rings (SSSR count). The van der Waals surface area contributed by atoms with Crippen molar-refractivity contribution in [2.45, 2.75) is 112 Å². The van der Waals surface area contributed by atoms with Crippen LogP contribution < -0.4 is 92.9 Å². The van der Waals surface area contributed by atoms with Crippen LogP contribution in [0.3, 0.4) is 0 Å². The number of aliphatic hydroxyl groups is 2. The SMILES string of the molecule is NCCCC[C@H](NC(=O)CNC(=O)[C@H](CCCN=C(N)N)NC(=O)[C@H](CO)NC(=O)[C@H](CO)NC(=O)[C@H](CS)NC(=O)[C@H](Cc1ccccc1)NC(=O)CNC(=O)[C@H](CC(=O)O)NC(=O)[C@H](CS)NC(=O)CN)C(=O)N[C@@H](CCCN=C(N)N)C(=O)O. The van der Waals surface area contributed by atoms with Gasteiger partial charge >= 0.3 is 11.9 Å². The lowest BCUT2D eigenvalue weighted by Crippen LogP contribution is -2.61. The summed E-state index contributed by atoms with van der Waals surface area (Å²) in [5.74, 6) is -15.4. The van der Waals surface area contributed by atoms with Gasteiger partial charge in [-0.05, 0) is 57.1 Å². The highest BCUT2D eigenvalue weighted by atomic mass is 32.1. The molecule has 36 nitrogen and oxygen atoms in total. The molecule has 0 saturated carbocycles. The number of aliphatic carboxylic acids is 2. The van der Waals surface area contributed by atoms with Crippen molar-refractivity contribution in [1.29, 1.82) is 0 Å². The number of hydrogen-bond donors (Lipinski definition) is 23. The topological polar surface area (TPSA) is 616 Å². The van der Waals surface area contributed by atoms with E-state index in [-0.39, 0.29) is 75.8 Å². The van der Waals surface area contributed by atoms with Gasteiger partial charge in [-0.3, -0.25) is 67.5 Å². The number of nitrogens with two attached hydrogens (primary N) is 6. The first kappa shape index (κ1) is 76.4. The lowest BCUT2D eigenvalue weighted by Gasteiger charge is -2.26. The third kappa shape index (κ3) is 31.4. The van der Waals surface area contributed by atoms with Crippen molar-refractivity contribution in [3.63, 3.8) is 0 Å². The second kappa shape index (κ2) is 42.3. The lowest BCUT2D eigenvalue weighted by molar-refractivity contribution is -0.142. The average Bonchev–Trinajstić information content (AvgIpc) is 3.67. The number of carbonyl (C=O) groups is 13. The number of aliphatic imine (C=N–C) groups is 2. The minimum Gasteiger partial charge on any atom is -0.481 e. The van der Waals surface area contributed by atoms with E-state index in [1.165, 1.54) is 0 Å². The molecule has 0 saturated heterocycles. The zero-order valence-electron chi connectivity index (χ0n) is 47.4. The van der Waals surface area contributed by atoms with E-state index in [1.807, 2.05) is 0 Å². The second-order valence-corrected chi connectivity index (χ2v) is 19.6. The number of guanidine groups is 2. The van der Waals surface area contributed by atoms with E-state index in [2.05, 4.69) is 93.7 Å². The molecular formula is C49H81N19O17S2. The summed E-state index contributed by atoms with van der Waals surface area (Å²) in [5.41, 5.74) is 32.8. The summed E-state index contributed by atoms with van der Waals surface area (Å²) in [6.45, 7) is -4.14. The maximum absolute atomic E-state index is 13.8. The van der Waals surface area contributed by atoms with E-state index < -0.39 is 176 Å². The van der Waals surface area contributed by atoms with Crippen LogP contribution in [0.2, 0.25) is 0 Å². The standard InChI is InChI=1S/C49H81N19O17S2/c50-13-5-4-10-27(41(78)64-28(47(84)85)12-7-15-57-49(54)55)60-36(72)19-58-39(76)26(11-6-14-56-48(52)53)63-43(80)31(21-69)66-44(81)32(22-70)67-46(83)34(24-87)68-42(79)29(16-25-8-2-1-3-9-25)61-37(73)20-59-40(77)30(17-38(74)75)65-45(82)33(23-86)62-35(71)18-51/h1-3,8-9,26-34,69-70,86-87H,4-7,10-24,50-51H2,(H,58,76)(H,59,77)(H,60,72)(H,61,73)(H,62,71)(H,63,80)(H,64,78)(H,65,82)(H,66,81)(H,67,83)(H,68,79)(H,74,75)(H,84,85)(H4,52,53,56)(H4,54,55,57)/t26-,27-,28-,29-,30-,31-,32-,33-,34-/m0/s1. The first-order chi connectivity index (χ1) is 41.2. The first-order valence-corrected chi connectivity index (χ1v) is 28.2. The van der Waals surface area contributed by atoms with Gasteiger partial charge in [0.15, 0.2) is 11.9 Å². The monoisotopic (exact) mass is 1270 g/mol. The molecule has 0 aromatic heterocycles. The summed E-state index contributed by atoms with van der Waals surface area (Å²) in [5, 5.41) is 64.7. The fraction of sp³-hybridized carbons (Fsp3) is 0.571. The molecule has 0 bridgehead atoms. The molecule has 0 heterocycles. The highest BCUT2D eigenvalue weighted by molar-refractivity contribution is 7.80. The summed E-state index contributed by atoms with van der Waals surface area (Å²) in [6, 6.07) is -6.03. The van der Waals surface area contributed by atoms with Crippen molar-refractivity contribution < 1.29 is 82.8 Å². The number of benzene rings is 1. The number of aliphatic hydroxyl groups excluding tert-OH is 2. The third-order valence-corrected chi connectivity index (χ3v) is 12.7. The summed E-state index contributed by atoms with van der Waals surface area (Å²) in [6.07, 6.45) is -0.454. The molecule has 87 heavy (non-hydrogen) atoms. The molecule has 486 valence electrons. The van der Waals surface area contributed by atoms with Gasteiger partial charge < -0.3 is 113 Å². The molecule has 9 atom stereocenters. The van der Waals surface area contributed by atoms with Crippen molar-refractivity contribution in [3.05, 3.63) is 35.9 Å². The Morgan fingerprint density at radius 2 is 0.828 bits per heavy atom. The molecule has 0 radical (unpaired) electrons. The van der Waals surface area contributed by atoms with Gasteiger partial charge in [0.05, 0.1) is 39.3 Å². The van der Waals surface area contributed by atoms with Crippen molar-refractivity contribution in [1.82, 2.24) is 58.5 Å². The Morgan fingerprint density at radius 1 is 0.448 bits per heavy atom. The fourth-order valence-corrected chi connectivity index (χ4v) is 7.99. The molecule has 1 aromatic carbocycles. The number of thiol groups is 2. The van der Waals surface area contributed by atoms with Gasteiger partial charge in [0.25, 0.3) is 0 Å². The molecule has 0 aliphatic rings. The Bertz CT molecular complexity index is 2550. The van der Waals surface area contributed by atoms with Gasteiger partial charge in [-0.25, -0.2) is 4.79 Å². The number of amides is 11. The van der Waals surface area contributed by atoms with Crippen LogP contribution in [0.25, 0.3) is 0 Å². The van der Waals surface area contributed by atoms with Crippen LogP contribution in [0.4, 0.5) is 0 Å². The smallest absolute Gasteiger partial charge is 0.326 e. The van der Waals surface area contributed by atoms with Crippen molar-refractivity contribution in [2.24, 2.45) is 44.4 Å². The Labute approximate surface area is 510 Å². The van der Waals surface area contributed by atoms with Crippen LogP contribution in [0.15, 0.2) is 40.3 Å². The Balaban J connectivity index is 3.21. The molecule has 0 aliphatic carbocycles. The third-order valence-electron chi connectivity index (χ3n) is 12.0. The predicted octanol–water partition coefficient (Wildman–Crippen LogP) is -10.6. The van der Waals surface area contributed by atoms with E-state index in [0.717, 1.165) is 0 Å². The van der Waals surface area contributed by atoms with E-state index in [1.54, 1.807) is 30.3 Å². The molecule has 1 aromatic rings. The Hall–Kier alpha value is -8.59. The number of carboxylic acids is 2. The van der Waals surface area contributed by atoms with Crippen LogP contribution in [0.5, 0.6) is 0 Å². The predicted molar refractivity (Wildman–Crippen MR) is 317 cm³/mol. The lowest BCUT2D eigenvalue weighted by atomic mass is 10.0. The van der Waals surface area contributed by atoms with Crippen LogP contribution in [0.1, 0.15) is 56.9 Å². The van der Waals surface area contributed by atoms with Gasteiger partial charge in [-0.1, -0.05) is 30.3 Å². The summed E-state index contributed by atoms with van der Waals surface area (Å²) < 4.78 is 0. The van der Waals surface area contributed by atoms with E-state index >= 15 is 0 Å². The number of carboxylic acid groups (broad SMARTS) is 2. The number of rotatable bonds is 43. The molecule has 27 N–H and O–H groups in total. The van der Waals surface area contributed by atoms with Gasteiger partial charge in [-0.15, -0.1) is 0 Å². The van der Waals surface area contributed by atoms with E-state index in [9.17, 15) is 82.8 Å². The largest absolute Gasteiger partial charge is 0.481 e. The summed E-state index contributed by atoms with van der Waals surface area (Å²) in [4.78, 5) is 177. The summed E-state index contributed by atoms with van der Waals surface area (Å²) in [7, 11) is 0. The van der Waals surface area contributed by atoms with E-state index in [4.69, 9.17) is 34.4 Å². The molecule has 0 spiro atoms. The molecule has 0 unspecified atom stereocenters.